The zero-order valence-electron chi connectivity index (χ0n) is 11.0. The number of hydrogen-bond donors (Lipinski definition) is 1. The molecule has 1 N–H and O–H groups in total. The van der Waals surface area contributed by atoms with Gasteiger partial charge in [-0.3, -0.25) is 4.79 Å². The summed E-state index contributed by atoms with van der Waals surface area (Å²) in [6.07, 6.45) is 3.90. The first kappa shape index (κ1) is 13.6. The van der Waals surface area contributed by atoms with E-state index < -0.39 is 5.43 Å². The molecule has 1 rings (SSSR count). The number of methoxy groups -OCH3 is 1. The fourth-order valence-electron chi connectivity index (χ4n) is 1.99. The van der Waals surface area contributed by atoms with Crippen molar-refractivity contribution in [2.24, 2.45) is 7.05 Å². The predicted molar refractivity (Wildman–Crippen MR) is 67.9 cm³/mol. The van der Waals surface area contributed by atoms with Crippen LogP contribution in [0.1, 0.15) is 37.6 Å². The fraction of sp³-hybridized carbons (Fsp3) is 0.615. The molecule has 96 valence electrons. The second-order valence-electron chi connectivity index (χ2n) is 4.26. The third-order valence-corrected chi connectivity index (χ3v) is 3.15. The van der Waals surface area contributed by atoms with Gasteiger partial charge in [0.25, 0.3) is 5.43 Å². The Morgan fingerprint density at radius 3 is 2.53 bits per heavy atom. The van der Waals surface area contributed by atoms with E-state index in [0.29, 0.717) is 5.69 Å². The molecule has 0 amide bonds. The molecule has 0 fully saturated rings. The Labute approximate surface area is 102 Å². The van der Waals surface area contributed by atoms with Crippen LogP contribution >= 0.6 is 0 Å². The van der Waals surface area contributed by atoms with Crippen molar-refractivity contribution in [3.8, 4) is 11.5 Å². The van der Waals surface area contributed by atoms with Gasteiger partial charge in [-0.1, -0.05) is 19.8 Å². The van der Waals surface area contributed by atoms with Crippen molar-refractivity contribution in [2.45, 2.75) is 39.5 Å². The van der Waals surface area contributed by atoms with E-state index in [9.17, 15) is 9.90 Å². The van der Waals surface area contributed by atoms with Gasteiger partial charge in [0.15, 0.2) is 11.5 Å². The van der Waals surface area contributed by atoms with Crippen LogP contribution in [0.5, 0.6) is 11.5 Å². The first-order valence-corrected chi connectivity index (χ1v) is 6.00. The van der Waals surface area contributed by atoms with Crippen molar-refractivity contribution in [1.29, 1.82) is 0 Å². The highest BCUT2D eigenvalue weighted by molar-refractivity contribution is 5.40. The molecule has 17 heavy (non-hydrogen) atoms. The fourth-order valence-corrected chi connectivity index (χ4v) is 1.99. The van der Waals surface area contributed by atoms with Crippen LogP contribution in [0.2, 0.25) is 0 Å². The molecule has 0 spiro atoms. The van der Waals surface area contributed by atoms with Crippen LogP contribution < -0.4 is 10.2 Å². The molecule has 0 bridgehead atoms. The van der Waals surface area contributed by atoms with Gasteiger partial charge in [-0.2, -0.15) is 0 Å². The normalized spacial score (nSPS) is 10.6. The van der Waals surface area contributed by atoms with Gasteiger partial charge in [0.05, 0.1) is 18.5 Å². The molecule has 4 heteroatoms. The summed E-state index contributed by atoms with van der Waals surface area (Å²) in [5.41, 5.74) is 1.04. The highest BCUT2D eigenvalue weighted by Gasteiger charge is 2.17. The molecular formula is C13H21NO3. The number of hydrogen-bond acceptors (Lipinski definition) is 3. The lowest BCUT2D eigenvalue weighted by Gasteiger charge is -2.16. The number of aromatic nitrogens is 1. The number of pyridine rings is 1. The second-order valence-corrected chi connectivity index (χ2v) is 4.26. The molecule has 0 aromatic carbocycles. The number of unbranched alkanes of at least 4 members (excludes halogenated alkanes) is 2. The zero-order chi connectivity index (χ0) is 13.0. The van der Waals surface area contributed by atoms with Crippen LogP contribution in [0.3, 0.4) is 0 Å². The van der Waals surface area contributed by atoms with E-state index in [1.54, 1.807) is 0 Å². The number of nitrogens with zero attached hydrogens (tertiary/aromatic N) is 1. The summed E-state index contributed by atoms with van der Waals surface area (Å²) in [6.45, 7) is 3.95. The minimum Gasteiger partial charge on any atom is -0.503 e. The molecule has 0 radical (unpaired) electrons. The Morgan fingerprint density at radius 2 is 2.00 bits per heavy atom. The summed E-state index contributed by atoms with van der Waals surface area (Å²) in [6, 6.07) is 0. The Kier molecular flexibility index (Phi) is 4.61. The van der Waals surface area contributed by atoms with Crippen molar-refractivity contribution in [1.82, 2.24) is 4.57 Å². The largest absolute Gasteiger partial charge is 0.503 e. The first-order chi connectivity index (χ1) is 8.04. The van der Waals surface area contributed by atoms with Gasteiger partial charge in [0.1, 0.15) is 0 Å². The molecular weight excluding hydrogens is 218 g/mol. The lowest BCUT2D eigenvalue weighted by atomic mass is 10.1. The second kappa shape index (κ2) is 5.75. The lowest BCUT2D eigenvalue weighted by Crippen LogP contribution is -2.17. The standard InChI is InChI=1S/C13H21NO3/c1-5-6-7-8-10-11(15)12(16)13(17-4)9(2)14(10)3/h15H,5-8H2,1-4H3. The SMILES string of the molecule is CCCCCc1c(O)c(=O)c(OC)c(C)n1C. The van der Waals surface area contributed by atoms with Crippen LogP contribution in [0, 0.1) is 6.92 Å². The summed E-state index contributed by atoms with van der Waals surface area (Å²) in [5, 5.41) is 9.90. The predicted octanol–water partition coefficient (Wildman–Crippen LogP) is 2.14. The van der Waals surface area contributed by atoms with Gasteiger partial charge in [0, 0.05) is 7.05 Å². The first-order valence-electron chi connectivity index (χ1n) is 6.00. The molecule has 0 atom stereocenters. The van der Waals surface area contributed by atoms with Crippen molar-refractivity contribution in [2.75, 3.05) is 7.11 Å². The molecule has 1 aromatic rings. The Balaban J connectivity index is 3.18. The Morgan fingerprint density at radius 1 is 1.35 bits per heavy atom. The van der Waals surface area contributed by atoms with Gasteiger partial charge < -0.3 is 14.4 Å². The quantitative estimate of drug-likeness (QED) is 0.801. The third-order valence-electron chi connectivity index (χ3n) is 3.15. The van der Waals surface area contributed by atoms with Crippen molar-refractivity contribution >= 4 is 0 Å². The maximum absolute atomic E-state index is 11.8. The number of rotatable bonds is 5. The average Bonchev–Trinajstić information content (AvgIpc) is 2.32. The summed E-state index contributed by atoms with van der Waals surface area (Å²) in [5.74, 6) is 0.0512. The minimum atomic E-state index is -0.408. The van der Waals surface area contributed by atoms with Crippen LogP contribution in [0.4, 0.5) is 0 Å². The van der Waals surface area contributed by atoms with Crippen molar-refractivity contribution in [3.05, 3.63) is 21.6 Å². The Hall–Kier alpha value is -1.45. The molecule has 1 aromatic heterocycles. The van der Waals surface area contributed by atoms with Crippen LogP contribution in [0.15, 0.2) is 4.79 Å². The molecule has 4 nitrogen and oxygen atoms in total. The van der Waals surface area contributed by atoms with E-state index in [1.165, 1.54) is 7.11 Å². The van der Waals surface area contributed by atoms with Gasteiger partial charge in [0.2, 0.25) is 0 Å². The van der Waals surface area contributed by atoms with E-state index >= 15 is 0 Å². The third kappa shape index (κ3) is 2.62. The van der Waals surface area contributed by atoms with Gasteiger partial charge in [-0.15, -0.1) is 0 Å². The number of aromatic hydroxyl groups is 1. The minimum absolute atomic E-state index is 0.175. The topological polar surface area (TPSA) is 51.5 Å². The molecule has 0 aliphatic heterocycles. The summed E-state index contributed by atoms with van der Waals surface area (Å²) in [7, 11) is 3.29. The van der Waals surface area contributed by atoms with Crippen molar-refractivity contribution in [3.63, 3.8) is 0 Å². The van der Waals surface area contributed by atoms with Crippen LogP contribution in [-0.2, 0) is 13.5 Å². The van der Waals surface area contributed by atoms with Crippen LogP contribution in [-0.4, -0.2) is 16.8 Å². The van der Waals surface area contributed by atoms with Gasteiger partial charge in [-0.05, 0) is 19.8 Å². The summed E-state index contributed by atoms with van der Waals surface area (Å²) in [4.78, 5) is 11.8. The molecule has 1 heterocycles. The lowest BCUT2D eigenvalue weighted by molar-refractivity contribution is 0.385. The van der Waals surface area contributed by atoms with Crippen LogP contribution in [0.25, 0.3) is 0 Å². The molecule has 0 aliphatic rings. The monoisotopic (exact) mass is 239 g/mol. The molecule has 0 unspecified atom stereocenters. The van der Waals surface area contributed by atoms with E-state index in [-0.39, 0.29) is 11.5 Å². The summed E-state index contributed by atoms with van der Waals surface area (Å²) >= 11 is 0. The van der Waals surface area contributed by atoms with E-state index in [1.807, 2.05) is 18.5 Å². The maximum Gasteiger partial charge on any atom is 0.265 e. The highest BCUT2D eigenvalue weighted by Crippen LogP contribution is 2.22. The van der Waals surface area contributed by atoms with E-state index in [0.717, 1.165) is 31.4 Å². The maximum atomic E-state index is 11.8. The molecule has 0 aliphatic carbocycles. The summed E-state index contributed by atoms with van der Waals surface area (Å²) < 4.78 is 6.86. The average molecular weight is 239 g/mol. The highest BCUT2D eigenvalue weighted by atomic mass is 16.5. The molecule has 0 saturated carbocycles. The van der Waals surface area contributed by atoms with Gasteiger partial charge in [-0.25, -0.2) is 0 Å². The van der Waals surface area contributed by atoms with Gasteiger partial charge >= 0.3 is 0 Å². The van der Waals surface area contributed by atoms with E-state index in [4.69, 9.17) is 4.74 Å². The van der Waals surface area contributed by atoms with E-state index in [2.05, 4.69) is 6.92 Å². The number of ether oxygens (including phenoxy) is 1. The Bertz CT molecular complexity index is 449. The zero-order valence-corrected chi connectivity index (χ0v) is 11.0. The smallest absolute Gasteiger partial charge is 0.265 e. The molecule has 0 saturated heterocycles. The van der Waals surface area contributed by atoms with Crippen molar-refractivity contribution < 1.29 is 9.84 Å².